The van der Waals surface area contributed by atoms with Crippen molar-refractivity contribution < 1.29 is 4.79 Å². The number of amides is 1. The molecule has 1 aliphatic carbocycles. The smallest absolute Gasteiger partial charge is 0.229 e. The first-order chi connectivity index (χ1) is 10.7. The first kappa shape index (κ1) is 15.1. The Bertz CT molecular complexity index is 743. The van der Waals surface area contributed by atoms with Crippen molar-refractivity contribution in [1.82, 2.24) is 0 Å². The number of hydrogen-bond acceptors (Lipinski definition) is 3. The van der Waals surface area contributed by atoms with E-state index in [2.05, 4.69) is 11.4 Å². The summed E-state index contributed by atoms with van der Waals surface area (Å²) < 4.78 is 0. The van der Waals surface area contributed by atoms with Gasteiger partial charge >= 0.3 is 0 Å². The Morgan fingerprint density at radius 3 is 2.73 bits per heavy atom. The van der Waals surface area contributed by atoms with Crippen molar-refractivity contribution in [2.24, 2.45) is 0 Å². The van der Waals surface area contributed by atoms with Crippen LogP contribution in [-0.2, 0) is 24.1 Å². The molecular formula is C17H15ClN2OS. The van der Waals surface area contributed by atoms with Gasteiger partial charge < -0.3 is 5.32 Å². The van der Waals surface area contributed by atoms with Crippen LogP contribution in [0.25, 0.3) is 0 Å². The molecule has 0 aliphatic heterocycles. The predicted molar refractivity (Wildman–Crippen MR) is 89.5 cm³/mol. The van der Waals surface area contributed by atoms with Gasteiger partial charge in [-0.25, -0.2) is 0 Å². The summed E-state index contributed by atoms with van der Waals surface area (Å²) in [6.07, 6.45) is 4.53. The lowest BCUT2D eigenvalue weighted by Crippen LogP contribution is -2.14. The molecule has 0 fully saturated rings. The molecule has 3 rings (SSSR count). The van der Waals surface area contributed by atoms with E-state index in [0.29, 0.717) is 15.6 Å². The van der Waals surface area contributed by atoms with Crippen LogP contribution in [0.3, 0.4) is 0 Å². The summed E-state index contributed by atoms with van der Waals surface area (Å²) in [4.78, 5) is 13.5. The molecule has 112 valence electrons. The van der Waals surface area contributed by atoms with Crippen molar-refractivity contribution in [3.63, 3.8) is 0 Å². The standard InChI is InChI=1S/C17H15ClN2OS/c18-12-7-5-11(6-8-12)9-16(21)20-17-14(10-19)13-3-1-2-4-15(13)22-17/h5-8H,1-4,9H2,(H,20,21). The van der Waals surface area contributed by atoms with Gasteiger partial charge in [0, 0.05) is 9.90 Å². The SMILES string of the molecule is N#Cc1c(NC(=O)Cc2ccc(Cl)cc2)sc2c1CCCC2. The summed E-state index contributed by atoms with van der Waals surface area (Å²) in [5, 5.41) is 13.6. The van der Waals surface area contributed by atoms with E-state index >= 15 is 0 Å². The maximum atomic E-state index is 12.2. The van der Waals surface area contributed by atoms with E-state index in [-0.39, 0.29) is 12.3 Å². The Hall–Kier alpha value is -1.83. The summed E-state index contributed by atoms with van der Waals surface area (Å²) in [6, 6.07) is 9.48. The monoisotopic (exact) mass is 330 g/mol. The Labute approximate surface area is 138 Å². The number of benzene rings is 1. The van der Waals surface area contributed by atoms with Crippen molar-refractivity contribution in [2.75, 3.05) is 5.32 Å². The van der Waals surface area contributed by atoms with E-state index < -0.39 is 0 Å². The number of thiophene rings is 1. The fraction of sp³-hybridized carbons (Fsp3) is 0.294. The molecule has 0 atom stereocenters. The minimum Gasteiger partial charge on any atom is -0.316 e. The third-order valence-electron chi connectivity index (χ3n) is 3.81. The molecule has 1 heterocycles. The van der Waals surface area contributed by atoms with Crippen LogP contribution in [0.15, 0.2) is 24.3 Å². The van der Waals surface area contributed by atoms with Crippen LogP contribution < -0.4 is 5.32 Å². The van der Waals surface area contributed by atoms with Gasteiger partial charge in [0.05, 0.1) is 12.0 Å². The zero-order valence-corrected chi connectivity index (χ0v) is 13.6. The van der Waals surface area contributed by atoms with Crippen molar-refractivity contribution in [3.05, 3.63) is 50.9 Å². The number of anilines is 1. The van der Waals surface area contributed by atoms with Gasteiger partial charge in [0.2, 0.25) is 5.91 Å². The number of nitrogens with zero attached hydrogens (tertiary/aromatic N) is 1. The molecule has 0 spiro atoms. The number of hydrogen-bond donors (Lipinski definition) is 1. The second-order valence-corrected chi connectivity index (χ2v) is 6.92. The normalized spacial score (nSPS) is 13.3. The molecule has 2 aromatic rings. The van der Waals surface area contributed by atoms with Crippen LogP contribution in [0, 0.1) is 11.3 Å². The first-order valence-electron chi connectivity index (χ1n) is 7.26. The van der Waals surface area contributed by atoms with E-state index in [9.17, 15) is 10.1 Å². The summed E-state index contributed by atoms with van der Waals surface area (Å²) in [5.41, 5.74) is 2.70. The molecule has 22 heavy (non-hydrogen) atoms. The highest BCUT2D eigenvalue weighted by Crippen LogP contribution is 2.37. The van der Waals surface area contributed by atoms with E-state index in [1.165, 1.54) is 4.88 Å². The minimum atomic E-state index is -0.0996. The number of rotatable bonds is 3. The van der Waals surface area contributed by atoms with E-state index in [0.717, 1.165) is 36.8 Å². The van der Waals surface area contributed by atoms with Crippen LogP contribution in [0.2, 0.25) is 5.02 Å². The van der Waals surface area contributed by atoms with Crippen molar-refractivity contribution in [1.29, 1.82) is 5.26 Å². The molecule has 0 saturated heterocycles. The number of nitriles is 1. The second-order valence-electron chi connectivity index (χ2n) is 5.38. The second kappa shape index (κ2) is 6.51. The van der Waals surface area contributed by atoms with Crippen LogP contribution in [0.5, 0.6) is 0 Å². The summed E-state index contributed by atoms with van der Waals surface area (Å²) in [5.74, 6) is -0.0996. The molecule has 0 unspecified atom stereocenters. The maximum absolute atomic E-state index is 12.2. The topological polar surface area (TPSA) is 52.9 Å². The van der Waals surface area contributed by atoms with Gasteiger partial charge in [-0.15, -0.1) is 11.3 Å². The van der Waals surface area contributed by atoms with E-state index in [1.54, 1.807) is 23.5 Å². The number of carbonyl (C=O) groups excluding carboxylic acids is 1. The first-order valence-corrected chi connectivity index (χ1v) is 8.46. The van der Waals surface area contributed by atoms with Gasteiger partial charge in [0.25, 0.3) is 0 Å². The highest BCUT2D eigenvalue weighted by Gasteiger charge is 2.21. The molecule has 1 aliphatic rings. The molecule has 1 N–H and O–H groups in total. The molecule has 0 saturated carbocycles. The Balaban J connectivity index is 1.75. The van der Waals surface area contributed by atoms with Gasteiger partial charge in [0.1, 0.15) is 11.1 Å². The number of nitrogens with one attached hydrogen (secondary N) is 1. The zero-order chi connectivity index (χ0) is 15.5. The van der Waals surface area contributed by atoms with Crippen LogP contribution >= 0.6 is 22.9 Å². The lowest BCUT2D eigenvalue weighted by atomic mass is 9.96. The molecule has 1 aromatic heterocycles. The molecule has 1 aromatic carbocycles. The van der Waals surface area contributed by atoms with Crippen LogP contribution in [0.1, 0.15) is 34.4 Å². The fourth-order valence-corrected chi connectivity index (χ4v) is 4.11. The van der Waals surface area contributed by atoms with Gasteiger partial charge in [-0.2, -0.15) is 5.26 Å². The summed E-state index contributed by atoms with van der Waals surface area (Å²) in [7, 11) is 0. The molecular weight excluding hydrogens is 316 g/mol. The number of aryl methyl sites for hydroxylation is 1. The third-order valence-corrected chi connectivity index (χ3v) is 5.27. The number of carbonyl (C=O) groups is 1. The van der Waals surface area contributed by atoms with Crippen LogP contribution in [-0.4, -0.2) is 5.91 Å². The average molecular weight is 331 g/mol. The van der Waals surface area contributed by atoms with Crippen molar-refractivity contribution in [2.45, 2.75) is 32.1 Å². The lowest BCUT2D eigenvalue weighted by Gasteiger charge is -2.09. The highest BCUT2D eigenvalue weighted by molar-refractivity contribution is 7.16. The minimum absolute atomic E-state index is 0.0996. The molecule has 3 nitrogen and oxygen atoms in total. The van der Waals surface area contributed by atoms with Crippen molar-refractivity contribution >= 4 is 33.8 Å². The predicted octanol–water partition coefficient (Wildman–Crippen LogP) is 4.33. The zero-order valence-electron chi connectivity index (χ0n) is 12.0. The fourth-order valence-electron chi connectivity index (χ4n) is 2.73. The Kier molecular flexibility index (Phi) is 4.47. The molecule has 1 amide bonds. The average Bonchev–Trinajstić information content (AvgIpc) is 2.86. The summed E-state index contributed by atoms with van der Waals surface area (Å²) in [6.45, 7) is 0. The van der Waals surface area contributed by atoms with Gasteiger partial charge in [-0.3, -0.25) is 4.79 Å². The molecule has 5 heteroatoms. The van der Waals surface area contributed by atoms with E-state index in [1.807, 2.05) is 12.1 Å². The number of halogens is 1. The highest BCUT2D eigenvalue weighted by atomic mass is 35.5. The van der Waals surface area contributed by atoms with Gasteiger partial charge in [-0.05, 0) is 48.9 Å². The number of fused-ring (bicyclic) bond motifs is 1. The maximum Gasteiger partial charge on any atom is 0.229 e. The summed E-state index contributed by atoms with van der Waals surface area (Å²) >= 11 is 7.39. The lowest BCUT2D eigenvalue weighted by molar-refractivity contribution is -0.115. The third kappa shape index (κ3) is 3.16. The van der Waals surface area contributed by atoms with Crippen LogP contribution in [0.4, 0.5) is 5.00 Å². The molecule has 0 bridgehead atoms. The molecule has 0 radical (unpaired) electrons. The largest absolute Gasteiger partial charge is 0.316 e. The Morgan fingerprint density at radius 1 is 1.27 bits per heavy atom. The van der Waals surface area contributed by atoms with Gasteiger partial charge in [0.15, 0.2) is 0 Å². The van der Waals surface area contributed by atoms with E-state index in [4.69, 9.17) is 11.6 Å². The quantitative estimate of drug-likeness (QED) is 0.910. The van der Waals surface area contributed by atoms with Crippen molar-refractivity contribution in [3.8, 4) is 6.07 Å². The Morgan fingerprint density at radius 2 is 2.00 bits per heavy atom. The van der Waals surface area contributed by atoms with Gasteiger partial charge in [-0.1, -0.05) is 23.7 Å².